The standard InChI is InChI=1S/C24H23ClN4O2/c1-30-21-14-17-16(8-11-27-19(17)15-22(21)31-13-5-9-25)23-20-7-4-12-29(20)28-24(23)18-6-2-3-10-26-18/h2-3,6,8,10-11,14-15H,4-5,7,9,12-13H2,1H3. The highest BCUT2D eigenvalue weighted by atomic mass is 35.5. The van der Waals surface area contributed by atoms with Crippen molar-refractivity contribution >= 4 is 22.5 Å². The third-order valence-corrected chi connectivity index (χ3v) is 5.85. The first kappa shape index (κ1) is 19.8. The zero-order valence-electron chi connectivity index (χ0n) is 17.3. The number of halogens is 1. The Bertz CT molecular complexity index is 1220. The molecular weight excluding hydrogens is 412 g/mol. The van der Waals surface area contributed by atoms with E-state index in [1.54, 1.807) is 7.11 Å². The molecule has 0 bridgehead atoms. The summed E-state index contributed by atoms with van der Waals surface area (Å²) in [5.74, 6) is 1.91. The van der Waals surface area contributed by atoms with E-state index < -0.39 is 0 Å². The highest BCUT2D eigenvalue weighted by Gasteiger charge is 2.26. The fourth-order valence-corrected chi connectivity index (χ4v) is 4.29. The van der Waals surface area contributed by atoms with Gasteiger partial charge in [-0.2, -0.15) is 5.10 Å². The van der Waals surface area contributed by atoms with E-state index in [0.717, 1.165) is 59.2 Å². The van der Waals surface area contributed by atoms with Crippen molar-refractivity contribution in [3.8, 4) is 34.0 Å². The molecule has 0 saturated carbocycles. The van der Waals surface area contributed by atoms with Gasteiger partial charge in [0.2, 0.25) is 0 Å². The minimum absolute atomic E-state index is 0.534. The quantitative estimate of drug-likeness (QED) is 0.298. The largest absolute Gasteiger partial charge is 0.493 e. The van der Waals surface area contributed by atoms with Crippen molar-refractivity contribution in [2.45, 2.75) is 25.8 Å². The predicted octanol–water partition coefficient (Wildman–Crippen LogP) is 5.12. The summed E-state index contributed by atoms with van der Waals surface area (Å²) in [4.78, 5) is 9.18. The van der Waals surface area contributed by atoms with Crippen LogP contribution in [0.25, 0.3) is 33.4 Å². The number of benzene rings is 1. The first-order valence-corrected chi connectivity index (χ1v) is 11.0. The van der Waals surface area contributed by atoms with Crippen LogP contribution in [0.15, 0.2) is 48.8 Å². The average Bonchev–Trinajstić information content (AvgIpc) is 3.40. The van der Waals surface area contributed by atoms with Crippen LogP contribution in [0.4, 0.5) is 0 Å². The molecule has 31 heavy (non-hydrogen) atoms. The molecule has 7 heteroatoms. The molecule has 0 radical (unpaired) electrons. The number of ether oxygens (including phenoxy) is 2. The van der Waals surface area contributed by atoms with Crippen LogP contribution in [0, 0.1) is 0 Å². The molecule has 158 valence electrons. The molecule has 0 fully saturated rings. The van der Waals surface area contributed by atoms with Crippen molar-refractivity contribution in [3.63, 3.8) is 0 Å². The summed E-state index contributed by atoms with van der Waals surface area (Å²) in [7, 11) is 1.66. The molecule has 0 amide bonds. The summed E-state index contributed by atoms with van der Waals surface area (Å²) in [6.45, 7) is 1.46. The highest BCUT2D eigenvalue weighted by Crippen LogP contribution is 2.42. The Morgan fingerprint density at radius 2 is 2.03 bits per heavy atom. The smallest absolute Gasteiger partial charge is 0.163 e. The van der Waals surface area contributed by atoms with Gasteiger partial charge in [-0.05, 0) is 49.1 Å². The SMILES string of the molecule is COc1cc2c(-c3c(-c4ccccn4)nn4c3CCC4)ccnc2cc1OCCCCl. The second-order valence-electron chi connectivity index (χ2n) is 7.48. The zero-order valence-corrected chi connectivity index (χ0v) is 18.1. The summed E-state index contributed by atoms with van der Waals surface area (Å²) in [6, 6.07) is 11.9. The van der Waals surface area contributed by atoms with Gasteiger partial charge in [0.15, 0.2) is 11.5 Å². The Morgan fingerprint density at radius 1 is 1.10 bits per heavy atom. The van der Waals surface area contributed by atoms with Gasteiger partial charge in [0, 0.05) is 47.5 Å². The normalized spacial score (nSPS) is 12.8. The van der Waals surface area contributed by atoms with Gasteiger partial charge in [0.25, 0.3) is 0 Å². The number of hydrogen-bond donors (Lipinski definition) is 0. The molecule has 0 spiro atoms. The summed E-state index contributed by atoms with van der Waals surface area (Å²) in [5, 5.41) is 5.92. The Morgan fingerprint density at radius 3 is 2.84 bits per heavy atom. The number of nitrogens with zero attached hydrogens (tertiary/aromatic N) is 4. The molecule has 1 aromatic carbocycles. The van der Waals surface area contributed by atoms with E-state index in [9.17, 15) is 0 Å². The number of aryl methyl sites for hydroxylation is 1. The van der Waals surface area contributed by atoms with Crippen LogP contribution in [0.2, 0.25) is 0 Å². The minimum atomic E-state index is 0.534. The van der Waals surface area contributed by atoms with Crippen molar-refractivity contribution < 1.29 is 9.47 Å². The van der Waals surface area contributed by atoms with E-state index in [1.807, 2.05) is 42.7 Å². The van der Waals surface area contributed by atoms with Crippen LogP contribution >= 0.6 is 11.6 Å². The van der Waals surface area contributed by atoms with Gasteiger partial charge in [-0.3, -0.25) is 14.6 Å². The van der Waals surface area contributed by atoms with Crippen LogP contribution in [0.1, 0.15) is 18.5 Å². The van der Waals surface area contributed by atoms with E-state index in [-0.39, 0.29) is 0 Å². The fourth-order valence-electron chi connectivity index (χ4n) is 4.18. The first-order valence-electron chi connectivity index (χ1n) is 10.5. The molecule has 0 aliphatic carbocycles. The number of fused-ring (bicyclic) bond motifs is 2. The summed E-state index contributed by atoms with van der Waals surface area (Å²) < 4.78 is 13.7. The van der Waals surface area contributed by atoms with Crippen LogP contribution in [0.5, 0.6) is 11.5 Å². The average molecular weight is 435 g/mol. The molecule has 0 N–H and O–H groups in total. The Kier molecular flexibility index (Phi) is 5.47. The van der Waals surface area contributed by atoms with Crippen molar-refractivity contribution in [1.29, 1.82) is 0 Å². The fraction of sp³-hybridized carbons (Fsp3) is 0.292. The van der Waals surface area contributed by atoms with E-state index in [2.05, 4.69) is 20.7 Å². The lowest BCUT2D eigenvalue weighted by atomic mass is 9.96. The number of aromatic nitrogens is 4. The molecule has 1 aliphatic heterocycles. The molecule has 0 unspecified atom stereocenters. The van der Waals surface area contributed by atoms with Gasteiger partial charge in [-0.1, -0.05) is 6.07 Å². The Hall–Kier alpha value is -3.12. The second-order valence-corrected chi connectivity index (χ2v) is 7.86. The molecule has 1 aliphatic rings. The van der Waals surface area contributed by atoms with Crippen LogP contribution in [-0.2, 0) is 13.0 Å². The van der Waals surface area contributed by atoms with Gasteiger partial charge in [0.05, 0.1) is 24.9 Å². The van der Waals surface area contributed by atoms with Gasteiger partial charge >= 0.3 is 0 Å². The number of rotatable bonds is 7. The number of alkyl halides is 1. The van der Waals surface area contributed by atoms with Crippen LogP contribution in [0.3, 0.4) is 0 Å². The molecule has 0 atom stereocenters. The van der Waals surface area contributed by atoms with Gasteiger partial charge in [0.1, 0.15) is 5.69 Å². The maximum Gasteiger partial charge on any atom is 0.163 e. The second kappa shape index (κ2) is 8.55. The lowest BCUT2D eigenvalue weighted by Crippen LogP contribution is -2.00. The zero-order chi connectivity index (χ0) is 21.2. The molecule has 3 aromatic heterocycles. The monoisotopic (exact) mass is 434 g/mol. The maximum absolute atomic E-state index is 5.90. The van der Waals surface area contributed by atoms with Crippen molar-refractivity contribution in [2.24, 2.45) is 0 Å². The van der Waals surface area contributed by atoms with Crippen molar-refractivity contribution in [1.82, 2.24) is 19.7 Å². The number of hydrogen-bond acceptors (Lipinski definition) is 5. The van der Waals surface area contributed by atoms with Gasteiger partial charge in [-0.15, -0.1) is 11.6 Å². The summed E-state index contributed by atoms with van der Waals surface area (Å²) in [6.07, 6.45) is 6.51. The predicted molar refractivity (Wildman–Crippen MR) is 122 cm³/mol. The van der Waals surface area contributed by atoms with E-state index in [4.69, 9.17) is 26.2 Å². The molecule has 0 saturated heterocycles. The number of pyridine rings is 2. The Balaban J connectivity index is 1.69. The van der Waals surface area contributed by atoms with Gasteiger partial charge in [-0.25, -0.2) is 0 Å². The van der Waals surface area contributed by atoms with Crippen LogP contribution < -0.4 is 9.47 Å². The minimum Gasteiger partial charge on any atom is -0.493 e. The van der Waals surface area contributed by atoms with Crippen molar-refractivity contribution in [3.05, 3.63) is 54.5 Å². The summed E-state index contributed by atoms with van der Waals surface area (Å²) >= 11 is 5.79. The Labute approximate surface area is 185 Å². The van der Waals surface area contributed by atoms with E-state index in [1.165, 1.54) is 5.69 Å². The highest BCUT2D eigenvalue weighted by molar-refractivity contribution is 6.17. The lowest BCUT2D eigenvalue weighted by Gasteiger charge is -2.14. The number of methoxy groups -OCH3 is 1. The molecule has 6 nitrogen and oxygen atoms in total. The first-order chi connectivity index (χ1) is 15.3. The van der Waals surface area contributed by atoms with Crippen molar-refractivity contribution in [2.75, 3.05) is 19.6 Å². The molecule has 5 rings (SSSR count). The van der Waals surface area contributed by atoms with Gasteiger partial charge < -0.3 is 9.47 Å². The molecular formula is C24H23ClN4O2. The lowest BCUT2D eigenvalue weighted by molar-refractivity contribution is 0.295. The molecule has 4 aromatic rings. The summed E-state index contributed by atoms with van der Waals surface area (Å²) in [5.41, 5.74) is 6.08. The van der Waals surface area contributed by atoms with E-state index in [0.29, 0.717) is 24.0 Å². The van der Waals surface area contributed by atoms with Crippen LogP contribution in [-0.4, -0.2) is 39.3 Å². The van der Waals surface area contributed by atoms with E-state index >= 15 is 0 Å². The maximum atomic E-state index is 5.90. The third-order valence-electron chi connectivity index (χ3n) is 5.58. The third kappa shape index (κ3) is 3.61. The molecule has 4 heterocycles. The topological polar surface area (TPSA) is 62.1 Å².